The molecule has 0 aliphatic carbocycles. The lowest BCUT2D eigenvalue weighted by atomic mass is 10.2. The average molecular weight is 280 g/mol. The second-order valence-corrected chi connectivity index (χ2v) is 5.78. The van der Waals surface area contributed by atoms with Crippen molar-refractivity contribution in [3.63, 3.8) is 0 Å². The van der Waals surface area contributed by atoms with Gasteiger partial charge in [0, 0.05) is 16.6 Å². The molecule has 1 aromatic heterocycles. The maximum Gasteiger partial charge on any atom is 0.433 e. The monoisotopic (exact) mass is 280 g/mol. The Morgan fingerprint density at radius 3 is 2.67 bits per heavy atom. The van der Waals surface area contributed by atoms with Gasteiger partial charge in [0.25, 0.3) is 0 Å². The van der Waals surface area contributed by atoms with Crippen molar-refractivity contribution in [1.29, 1.82) is 5.26 Å². The summed E-state index contributed by atoms with van der Waals surface area (Å²) in [6, 6.07) is 1.47. The van der Waals surface area contributed by atoms with Gasteiger partial charge in [-0.1, -0.05) is 6.07 Å². The first-order valence-electron chi connectivity index (χ1n) is 6.02. The van der Waals surface area contributed by atoms with Gasteiger partial charge in [-0.15, -0.1) is 4.36 Å². The summed E-state index contributed by atoms with van der Waals surface area (Å²) in [5.74, 6) is 0. The minimum Gasteiger partial charge on any atom is -0.251 e. The summed E-state index contributed by atoms with van der Waals surface area (Å²) >= 11 is 0. The van der Waals surface area contributed by atoms with Crippen LogP contribution < -0.4 is 0 Å². The molecule has 2 unspecified atom stereocenters. The van der Waals surface area contributed by atoms with E-state index in [2.05, 4.69) is 9.35 Å². The van der Waals surface area contributed by atoms with Gasteiger partial charge in [0.2, 0.25) is 6.19 Å². The standard InChI is InChI=1S/C10H10F3N3OS/c1-7(18(2,17)16-6-14)8-3-4-9(15-5-8)10(11,12)13/h3-5,7H,1-2H3/i1D3. The smallest absolute Gasteiger partial charge is 0.251 e. The Hall–Kier alpha value is -1.62. The molecule has 1 aromatic rings. The third-order valence-corrected chi connectivity index (χ3v) is 3.63. The van der Waals surface area contributed by atoms with E-state index in [1.807, 2.05) is 0 Å². The van der Waals surface area contributed by atoms with Crippen LogP contribution in [0.4, 0.5) is 13.2 Å². The van der Waals surface area contributed by atoms with E-state index in [0.717, 1.165) is 12.3 Å². The van der Waals surface area contributed by atoms with Crippen LogP contribution in [-0.4, -0.2) is 15.4 Å². The van der Waals surface area contributed by atoms with E-state index >= 15 is 0 Å². The van der Waals surface area contributed by atoms with Crippen molar-refractivity contribution in [2.75, 3.05) is 6.26 Å². The van der Waals surface area contributed by atoms with Crippen molar-refractivity contribution in [3.8, 4) is 6.19 Å². The molecule has 2 atom stereocenters. The fourth-order valence-corrected chi connectivity index (χ4v) is 2.03. The second-order valence-electron chi connectivity index (χ2n) is 3.41. The Balaban J connectivity index is 3.41. The summed E-state index contributed by atoms with van der Waals surface area (Å²) in [5, 5.41) is 6.76. The number of rotatable bonds is 2. The molecule has 0 saturated heterocycles. The van der Waals surface area contributed by atoms with Crippen molar-refractivity contribution in [2.45, 2.75) is 18.3 Å². The number of nitrogens with zero attached hydrogens (tertiary/aromatic N) is 3. The molecule has 0 aromatic carbocycles. The predicted molar refractivity (Wildman–Crippen MR) is 59.8 cm³/mol. The third-order valence-electron chi connectivity index (χ3n) is 2.04. The lowest BCUT2D eigenvalue weighted by Crippen LogP contribution is -2.11. The molecular formula is C10H10F3N3OS. The van der Waals surface area contributed by atoms with Crippen LogP contribution >= 0.6 is 0 Å². The van der Waals surface area contributed by atoms with E-state index < -0.39 is 33.7 Å². The predicted octanol–water partition coefficient (Wildman–Crippen LogP) is 2.74. The van der Waals surface area contributed by atoms with Crippen molar-refractivity contribution >= 4 is 9.73 Å². The average Bonchev–Trinajstić information content (AvgIpc) is 2.25. The maximum absolute atomic E-state index is 12.4. The zero-order valence-corrected chi connectivity index (χ0v) is 9.92. The van der Waals surface area contributed by atoms with Crippen molar-refractivity contribution in [2.24, 2.45) is 4.36 Å². The van der Waals surface area contributed by atoms with Crippen LogP contribution in [0.25, 0.3) is 0 Å². The molecule has 4 nitrogen and oxygen atoms in total. The minimum atomic E-state index is -4.67. The Labute approximate surface area is 107 Å². The van der Waals surface area contributed by atoms with E-state index in [1.54, 1.807) is 0 Å². The van der Waals surface area contributed by atoms with Gasteiger partial charge in [-0.2, -0.15) is 18.4 Å². The van der Waals surface area contributed by atoms with E-state index in [1.165, 1.54) is 6.19 Å². The minimum absolute atomic E-state index is 0.200. The van der Waals surface area contributed by atoms with Crippen LogP contribution in [0, 0.1) is 11.5 Å². The molecule has 0 spiro atoms. The summed E-state index contributed by atoms with van der Waals surface area (Å²) in [6.07, 6.45) is -1.75. The van der Waals surface area contributed by atoms with Crippen LogP contribution in [0.3, 0.4) is 0 Å². The highest BCUT2D eigenvalue weighted by Crippen LogP contribution is 2.29. The van der Waals surface area contributed by atoms with Gasteiger partial charge in [0.15, 0.2) is 0 Å². The van der Waals surface area contributed by atoms with Crippen molar-refractivity contribution < 1.29 is 21.5 Å². The number of aromatic nitrogens is 1. The van der Waals surface area contributed by atoms with E-state index in [4.69, 9.17) is 9.37 Å². The molecule has 0 radical (unpaired) electrons. The molecule has 0 bridgehead atoms. The van der Waals surface area contributed by atoms with E-state index in [9.17, 15) is 17.4 Å². The highest BCUT2D eigenvalue weighted by atomic mass is 32.2. The molecule has 0 aliphatic rings. The highest BCUT2D eigenvalue weighted by Gasteiger charge is 2.32. The van der Waals surface area contributed by atoms with Crippen LogP contribution in [0.5, 0.6) is 0 Å². The molecule has 98 valence electrons. The Bertz CT molecular complexity index is 670. The lowest BCUT2D eigenvalue weighted by Gasteiger charge is -2.13. The fourth-order valence-electron chi connectivity index (χ4n) is 1.11. The van der Waals surface area contributed by atoms with Crippen molar-refractivity contribution in [1.82, 2.24) is 4.98 Å². The maximum atomic E-state index is 12.4. The van der Waals surface area contributed by atoms with Crippen LogP contribution in [0.15, 0.2) is 22.7 Å². The van der Waals surface area contributed by atoms with Crippen LogP contribution in [-0.2, 0) is 15.9 Å². The van der Waals surface area contributed by atoms with Gasteiger partial charge < -0.3 is 0 Å². The number of hydrogen-bond acceptors (Lipinski definition) is 4. The van der Waals surface area contributed by atoms with Crippen LogP contribution in [0.1, 0.15) is 27.5 Å². The number of pyridine rings is 1. The molecule has 0 fully saturated rings. The third kappa shape index (κ3) is 3.20. The number of alkyl halides is 3. The summed E-state index contributed by atoms with van der Waals surface area (Å²) in [6.45, 7) is -2.81. The van der Waals surface area contributed by atoms with Gasteiger partial charge in [0.05, 0.1) is 15.0 Å². The van der Waals surface area contributed by atoms with E-state index in [-0.39, 0.29) is 5.56 Å². The summed E-state index contributed by atoms with van der Waals surface area (Å²) in [4.78, 5) is 3.13. The Kier molecular flexibility index (Phi) is 2.83. The molecule has 1 rings (SSSR count). The molecule has 0 amide bonds. The zero-order valence-electron chi connectivity index (χ0n) is 12.1. The second kappa shape index (κ2) is 4.94. The molecule has 18 heavy (non-hydrogen) atoms. The molecular weight excluding hydrogens is 267 g/mol. The van der Waals surface area contributed by atoms with Gasteiger partial charge in [-0.3, -0.25) is 4.98 Å². The summed E-state index contributed by atoms with van der Waals surface area (Å²) in [5.41, 5.74) is -1.40. The van der Waals surface area contributed by atoms with E-state index in [0.29, 0.717) is 12.3 Å². The highest BCUT2D eigenvalue weighted by molar-refractivity contribution is 7.93. The molecule has 1 heterocycles. The number of nitriles is 1. The number of hydrogen-bond donors (Lipinski definition) is 0. The first kappa shape index (κ1) is 10.3. The van der Waals surface area contributed by atoms with Crippen molar-refractivity contribution in [3.05, 3.63) is 29.6 Å². The molecule has 0 aliphatic heterocycles. The quantitative estimate of drug-likeness (QED) is 0.782. The topological polar surface area (TPSA) is 66.1 Å². The molecule has 0 N–H and O–H groups in total. The normalized spacial score (nSPS) is 19.6. The Morgan fingerprint density at radius 2 is 2.28 bits per heavy atom. The van der Waals surface area contributed by atoms with Gasteiger partial charge >= 0.3 is 6.18 Å². The number of halogens is 3. The summed E-state index contributed by atoms with van der Waals surface area (Å²) < 4.78 is 74.7. The SMILES string of the molecule is [2H]C([2H])([2H])C(c1ccc(C(F)(F)F)nc1)S(C)(=O)=NC#N. The molecule has 8 heteroatoms. The fraction of sp³-hybridized carbons (Fsp3) is 0.400. The van der Waals surface area contributed by atoms with Gasteiger partial charge in [0.1, 0.15) is 5.69 Å². The summed E-state index contributed by atoms with van der Waals surface area (Å²) in [7, 11) is -3.50. The lowest BCUT2D eigenvalue weighted by molar-refractivity contribution is -0.141. The Morgan fingerprint density at radius 1 is 1.61 bits per heavy atom. The first-order chi connectivity index (χ1) is 9.39. The van der Waals surface area contributed by atoms with Gasteiger partial charge in [-0.05, 0) is 18.5 Å². The largest absolute Gasteiger partial charge is 0.433 e. The zero-order chi connectivity index (χ0) is 16.5. The van der Waals surface area contributed by atoms with Crippen LogP contribution in [0.2, 0.25) is 0 Å². The molecule has 0 saturated carbocycles. The van der Waals surface area contributed by atoms with Gasteiger partial charge in [-0.25, -0.2) is 4.21 Å². The first-order valence-corrected chi connectivity index (χ1v) is 6.50.